The number of hydrogen-bond donors (Lipinski definition) is 0. The van der Waals surface area contributed by atoms with Gasteiger partial charge in [0.1, 0.15) is 5.75 Å². The minimum absolute atomic E-state index is 0.0879. The van der Waals surface area contributed by atoms with Gasteiger partial charge in [0, 0.05) is 16.9 Å². The van der Waals surface area contributed by atoms with Crippen LogP contribution in [0.5, 0.6) is 5.75 Å². The molecule has 19 heavy (non-hydrogen) atoms. The molecule has 0 aromatic heterocycles. The van der Waals surface area contributed by atoms with E-state index in [-0.39, 0.29) is 5.78 Å². The maximum absolute atomic E-state index is 12.2. The first kappa shape index (κ1) is 12.6. The van der Waals surface area contributed by atoms with Crippen molar-refractivity contribution in [3.63, 3.8) is 0 Å². The van der Waals surface area contributed by atoms with E-state index in [0.717, 1.165) is 32.7 Å². The summed E-state index contributed by atoms with van der Waals surface area (Å²) in [6.45, 7) is 0. The number of Topliss-reactive ketones (excluding diaryl/α,β-unsaturated/α-hetero) is 1. The predicted molar refractivity (Wildman–Crippen MR) is 76.7 cm³/mol. The lowest BCUT2D eigenvalue weighted by atomic mass is 9.96. The summed E-state index contributed by atoms with van der Waals surface area (Å²) < 4.78 is 5.81. The smallest absolute Gasteiger partial charge is 0.182 e. The van der Waals surface area contributed by atoms with Gasteiger partial charge in [-0.15, -0.1) is 0 Å². The normalized spacial score (nSPS) is 17.7. The molecule has 4 heteroatoms. The molecule has 0 amide bonds. The van der Waals surface area contributed by atoms with E-state index in [4.69, 9.17) is 15.4 Å². The van der Waals surface area contributed by atoms with Gasteiger partial charge < -0.3 is 4.74 Å². The Morgan fingerprint density at radius 3 is 2.58 bits per heavy atom. The van der Waals surface area contributed by atoms with Gasteiger partial charge in [0.05, 0.1) is 0 Å². The van der Waals surface area contributed by atoms with Gasteiger partial charge in [0.25, 0.3) is 0 Å². The largest absolute Gasteiger partial charge is 0.478 e. The molecular weight excluding hydrogens is 280 g/mol. The van der Waals surface area contributed by atoms with Crippen molar-refractivity contribution < 1.29 is 9.53 Å². The fraction of sp³-hybridized carbons (Fsp3) is 0.133. The summed E-state index contributed by atoms with van der Waals surface area (Å²) >= 11 is 0. The lowest BCUT2D eigenvalue weighted by molar-refractivity contribution is -0.126. The molecular formula is C15H11ClO2S. The maximum atomic E-state index is 12.2. The van der Waals surface area contributed by atoms with Crippen molar-refractivity contribution in [2.75, 3.05) is 0 Å². The number of ketones is 1. The zero-order valence-corrected chi connectivity index (χ0v) is 11.6. The SMILES string of the molecule is O=C1Cc2ccccc2OC1c1ccc(SCl)cc1. The Bertz CT molecular complexity index is 610. The molecule has 1 aliphatic heterocycles. The molecule has 3 rings (SSSR count). The van der Waals surface area contributed by atoms with Crippen LogP contribution in [-0.4, -0.2) is 5.78 Å². The highest BCUT2D eigenvalue weighted by atomic mass is 35.7. The number of rotatable bonds is 2. The number of hydrogen-bond acceptors (Lipinski definition) is 3. The molecule has 0 N–H and O–H groups in total. The summed E-state index contributed by atoms with van der Waals surface area (Å²) in [5.74, 6) is 0.882. The zero-order valence-electron chi connectivity index (χ0n) is 10.0. The van der Waals surface area contributed by atoms with Crippen LogP contribution in [0.2, 0.25) is 0 Å². The van der Waals surface area contributed by atoms with E-state index in [1.807, 2.05) is 48.5 Å². The van der Waals surface area contributed by atoms with Crippen molar-refractivity contribution >= 4 is 27.4 Å². The Balaban J connectivity index is 1.91. The lowest BCUT2D eigenvalue weighted by Gasteiger charge is -2.25. The number of para-hydroxylation sites is 1. The molecule has 1 aliphatic rings. The molecule has 0 aliphatic carbocycles. The average Bonchev–Trinajstić information content (AvgIpc) is 2.47. The van der Waals surface area contributed by atoms with E-state index >= 15 is 0 Å². The Labute approximate surface area is 120 Å². The molecule has 1 unspecified atom stereocenters. The molecule has 2 aromatic rings. The highest BCUT2D eigenvalue weighted by molar-refractivity contribution is 8.21. The van der Waals surface area contributed by atoms with Crippen LogP contribution in [0.4, 0.5) is 0 Å². The summed E-state index contributed by atoms with van der Waals surface area (Å²) in [5.41, 5.74) is 1.82. The fourth-order valence-corrected chi connectivity index (χ4v) is 2.73. The minimum Gasteiger partial charge on any atom is -0.478 e. The highest BCUT2D eigenvalue weighted by Gasteiger charge is 2.28. The van der Waals surface area contributed by atoms with Crippen LogP contribution in [0.15, 0.2) is 53.4 Å². The van der Waals surface area contributed by atoms with Gasteiger partial charge in [0.2, 0.25) is 0 Å². The highest BCUT2D eigenvalue weighted by Crippen LogP contribution is 2.33. The number of ether oxygens (including phenoxy) is 1. The summed E-state index contributed by atoms with van der Waals surface area (Å²) in [4.78, 5) is 13.1. The van der Waals surface area contributed by atoms with Crippen LogP contribution in [-0.2, 0) is 11.2 Å². The molecule has 1 heterocycles. The quantitative estimate of drug-likeness (QED) is 0.830. The van der Waals surface area contributed by atoms with Crippen LogP contribution in [0.3, 0.4) is 0 Å². The summed E-state index contributed by atoms with van der Waals surface area (Å²) in [6, 6.07) is 15.2. The molecule has 96 valence electrons. The van der Waals surface area contributed by atoms with Gasteiger partial charge in [-0.25, -0.2) is 0 Å². The van der Waals surface area contributed by atoms with Crippen molar-refractivity contribution in [1.82, 2.24) is 0 Å². The number of carbonyl (C=O) groups excluding carboxylic acids is 1. The number of carbonyl (C=O) groups is 1. The second-order valence-electron chi connectivity index (χ2n) is 4.39. The van der Waals surface area contributed by atoms with Crippen molar-refractivity contribution in [2.24, 2.45) is 0 Å². The molecule has 0 saturated heterocycles. The van der Waals surface area contributed by atoms with Gasteiger partial charge >= 0.3 is 0 Å². The van der Waals surface area contributed by atoms with Crippen molar-refractivity contribution in [3.8, 4) is 5.75 Å². The van der Waals surface area contributed by atoms with E-state index < -0.39 is 6.10 Å². The minimum atomic E-state index is -0.510. The number of benzene rings is 2. The third-order valence-electron chi connectivity index (χ3n) is 3.15. The monoisotopic (exact) mass is 290 g/mol. The lowest BCUT2D eigenvalue weighted by Crippen LogP contribution is -2.25. The average molecular weight is 291 g/mol. The van der Waals surface area contributed by atoms with Crippen LogP contribution in [0.25, 0.3) is 0 Å². The number of fused-ring (bicyclic) bond motifs is 1. The second-order valence-corrected chi connectivity index (χ2v) is 5.48. The summed E-state index contributed by atoms with van der Waals surface area (Å²) in [5, 5.41) is 0. The Hall–Kier alpha value is -1.45. The molecule has 1 atom stereocenters. The zero-order chi connectivity index (χ0) is 13.2. The summed E-state index contributed by atoms with van der Waals surface area (Å²) in [6.07, 6.45) is -0.0865. The van der Waals surface area contributed by atoms with Crippen LogP contribution < -0.4 is 4.74 Å². The predicted octanol–water partition coefficient (Wildman–Crippen LogP) is 4.18. The Kier molecular flexibility index (Phi) is 3.49. The summed E-state index contributed by atoms with van der Waals surface area (Å²) in [7, 11) is 6.84. The second kappa shape index (κ2) is 5.27. The third kappa shape index (κ3) is 2.48. The van der Waals surface area contributed by atoms with Crippen LogP contribution >= 0.6 is 21.7 Å². The Morgan fingerprint density at radius 2 is 1.84 bits per heavy atom. The number of halogens is 1. The molecule has 0 bridgehead atoms. The molecule has 2 nitrogen and oxygen atoms in total. The first-order valence-electron chi connectivity index (χ1n) is 5.94. The van der Waals surface area contributed by atoms with Gasteiger partial charge in [-0.2, -0.15) is 0 Å². The van der Waals surface area contributed by atoms with E-state index in [2.05, 4.69) is 0 Å². The third-order valence-corrected chi connectivity index (χ3v) is 4.13. The van der Waals surface area contributed by atoms with Gasteiger partial charge in [-0.1, -0.05) is 30.3 Å². The van der Waals surface area contributed by atoms with Gasteiger partial charge in [0.15, 0.2) is 11.9 Å². The van der Waals surface area contributed by atoms with Gasteiger partial charge in [-0.3, -0.25) is 4.79 Å². The van der Waals surface area contributed by atoms with Crippen molar-refractivity contribution in [1.29, 1.82) is 0 Å². The standard InChI is InChI=1S/C15H11ClO2S/c16-19-12-7-5-10(6-8-12)15-13(17)9-11-3-1-2-4-14(11)18-15/h1-8,15H,9H2. The van der Waals surface area contributed by atoms with E-state index in [1.54, 1.807) is 0 Å². The molecule has 0 spiro atoms. The van der Waals surface area contributed by atoms with E-state index in [9.17, 15) is 4.79 Å². The topological polar surface area (TPSA) is 26.3 Å². The van der Waals surface area contributed by atoms with Crippen LogP contribution in [0.1, 0.15) is 17.2 Å². The van der Waals surface area contributed by atoms with Gasteiger partial charge in [-0.05, 0) is 45.4 Å². The molecule has 0 saturated carbocycles. The van der Waals surface area contributed by atoms with Crippen LogP contribution in [0, 0.1) is 0 Å². The fourth-order valence-electron chi connectivity index (χ4n) is 2.19. The molecule has 2 aromatic carbocycles. The van der Waals surface area contributed by atoms with E-state index in [1.165, 1.54) is 0 Å². The van der Waals surface area contributed by atoms with Crippen molar-refractivity contribution in [2.45, 2.75) is 17.4 Å². The maximum Gasteiger partial charge on any atom is 0.182 e. The molecule has 0 radical (unpaired) electrons. The Morgan fingerprint density at radius 1 is 1.11 bits per heavy atom. The van der Waals surface area contributed by atoms with Crippen molar-refractivity contribution in [3.05, 3.63) is 59.7 Å². The first-order chi connectivity index (χ1) is 9.28. The van der Waals surface area contributed by atoms with E-state index in [0.29, 0.717) is 6.42 Å². The molecule has 0 fully saturated rings. The first-order valence-corrected chi connectivity index (χ1v) is 7.58.